The van der Waals surface area contributed by atoms with Crippen LogP contribution in [0.15, 0.2) is 43.0 Å². The van der Waals surface area contributed by atoms with E-state index in [1.807, 2.05) is 24.3 Å². The lowest BCUT2D eigenvalue weighted by Crippen LogP contribution is -2.29. The van der Waals surface area contributed by atoms with Crippen LogP contribution in [-0.2, 0) is 15.3 Å². The molecule has 3 rings (SSSR count). The van der Waals surface area contributed by atoms with E-state index in [2.05, 4.69) is 12.7 Å². The monoisotopic (exact) mass is 274 g/mol. The summed E-state index contributed by atoms with van der Waals surface area (Å²) in [6, 6.07) is 5.72. The van der Waals surface area contributed by atoms with Crippen molar-refractivity contribution < 1.29 is 18.9 Å². The Kier molecular flexibility index (Phi) is 3.28. The van der Waals surface area contributed by atoms with Gasteiger partial charge in [-0.05, 0) is 18.2 Å². The van der Waals surface area contributed by atoms with Crippen LogP contribution >= 0.6 is 0 Å². The van der Waals surface area contributed by atoms with E-state index in [1.54, 1.807) is 20.3 Å². The van der Waals surface area contributed by atoms with Gasteiger partial charge in [-0.25, -0.2) is 0 Å². The highest BCUT2D eigenvalue weighted by Crippen LogP contribution is 2.46. The molecule has 2 aliphatic rings. The van der Waals surface area contributed by atoms with Crippen LogP contribution in [0.1, 0.15) is 12.0 Å². The lowest BCUT2D eigenvalue weighted by Gasteiger charge is -2.29. The summed E-state index contributed by atoms with van der Waals surface area (Å²) >= 11 is 0. The second-order valence-corrected chi connectivity index (χ2v) is 4.86. The number of rotatable bonds is 4. The molecule has 4 nitrogen and oxygen atoms in total. The third-order valence-corrected chi connectivity index (χ3v) is 3.74. The van der Waals surface area contributed by atoms with Crippen LogP contribution in [-0.4, -0.2) is 26.4 Å². The van der Waals surface area contributed by atoms with Gasteiger partial charge in [0.05, 0.1) is 14.2 Å². The van der Waals surface area contributed by atoms with Gasteiger partial charge in [-0.1, -0.05) is 18.2 Å². The van der Waals surface area contributed by atoms with Crippen LogP contribution < -0.4 is 9.47 Å². The largest absolute Gasteiger partial charge is 0.493 e. The van der Waals surface area contributed by atoms with Crippen molar-refractivity contribution in [1.82, 2.24) is 0 Å². The molecule has 2 heterocycles. The van der Waals surface area contributed by atoms with Gasteiger partial charge in [0.15, 0.2) is 17.3 Å². The highest BCUT2D eigenvalue weighted by molar-refractivity contribution is 5.45. The maximum atomic E-state index is 6.08. The Bertz CT molecular complexity index is 551. The summed E-state index contributed by atoms with van der Waals surface area (Å²) < 4.78 is 22.8. The molecule has 0 aromatic heterocycles. The number of ether oxygens (including phenoxy) is 4. The van der Waals surface area contributed by atoms with Gasteiger partial charge in [0.1, 0.15) is 12.2 Å². The van der Waals surface area contributed by atoms with E-state index in [9.17, 15) is 0 Å². The quantitative estimate of drug-likeness (QED) is 0.791. The zero-order valence-corrected chi connectivity index (χ0v) is 11.7. The van der Waals surface area contributed by atoms with Crippen LogP contribution in [0.25, 0.3) is 0 Å². The first-order chi connectivity index (χ1) is 9.72. The first kappa shape index (κ1) is 13.2. The fourth-order valence-corrected chi connectivity index (χ4v) is 2.71. The zero-order valence-electron chi connectivity index (χ0n) is 11.7. The van der Waals surface area contributed by atoms with E-state index in [0.29, 0.717) is 17.9 Å². The average Bonchev–Trinajstić information content (AvgIpc) is 2.77. The second-order valence-electron chi connectivity index (χ2n) is 4.86. The summed E-state index contributed by atoms with van der Waals surface area (Å²) in [5.74, 6) is 0.603. The minimum Gasteiger partial charge on any atom is -0.493 e. The lowest BCUT2D eigenvalue weighted by molar-refractivity contribution is -0.178. The van der Waals surface area contributed by atoms with Crippen molar-refractivity contribution in [3.05, 3.63) is 48.6 Å². The van der Waals surface area contributed by atoms with Gasteiger partial charge in [-0.15, -0.1) is 6.58 Å². The number of hydrogen-bond acceptors (Lipinski definition) is 4. The van der Waals surface area contributed by atoms with Crippen molar-refractivity contribution >= 4 is 0 Å². The highest BCUT2D eigenvalue weighted by Gasteiger charge is 2.48. The van der Waals surface area contributed by atoms with E-state index in [4.69, 9.17) is 18.9 Å². The van der Waals surface area contributed by atoms with Crippen molar-refractivity contribution in [2.45, 2.75) is 24.4 Å². The normalized spacial score (nSPS) is 31.1. The molecule has 2 bridgehead atoms. The number of fused-ring (bicyclic) bond motifs is 2. The fourth-order valence-electron chi connectivity index (χ4n) is 2.71. The van der Waals surface area contributed by atoms with Crippen LogP contribution in [0.3, 0.4) is 0 Å². The van der Waals surface area contributed by atoms with Gasteiger partial charge < -0.3 is 18.9 Å². The van der Waals surface area contributed by atoms with Gasteiger partial charge in [0.2, 0.25) is 0 Å². The molecule has 3 unspecified atom stereocenters. The number of benzene rings is 1. The Balaban J connectivity index is 2.00. The van der Waals surface area contributed by atoms with Gasteiger partial charge in [0, 0.05) is 12.0 Å². The molecule has 1 saturated heterocycles. The standard InChI is InChI=1S/C16H18O4/c1-4-12-14-6-5-9-16(19-12,20-14)11-7-8-13(17-2)15(10-11)18-3/h4-8,10,12,14H,1,9H2,2-3H3. The molecule has 20 heavy (non-hydrogen) atoms. The molecule has 2 aliphatic heterocycles. The Hall–Kier alpha value is -1.78. The molecule has 4 heteroatoms. The number of methoxy groups -OCH3 is 2. The Morgan fingerprint density at radius 2 is 2.05 bits per heavy atom. The van der Waals surface area contributed by atoms with Crippen LogP contribution in [0.2, 0.25) is 0 Å². The van der Waals surface area contributed by atoms with Crippen molar-refractivity contribution in [1.29, 1.82) is 0 Å². The minimum absolute atomic E-state index is 0.0747. The summed E-state index contributed by atoms with van der Waals surface area (Å²) in [4.78, 5) is 0. The molecule has 1 aromatic carbocycles. The van der Waals surface area contributed by atoms with Crippen molar-refractivity contribution in [2.75, 3.05) is 14.2 Å². The molecule has 0 N–H and O–H groups in total. The van der Waals surface area contributed by atoms with Crippen molar-refractivity contribution in [3.8, 4) is 11.5 Å². The summed E-state index contributed by atoms with van der Waals surface area (Å²) in [5, 5.41) is 0. The first-order valence-corrected chi connectivity index (χ1v) is 6.60. The summed E-state index contributed by atoms with van der Waals surface area (Å²) in [5.41, 5.74) is 0.925. The van der Waals surface area contributed by atoms with E-state index < -0.39 is 5.79 Å². The first-order valence-electron chi connectivity index (χ1n) is 6.60. The van der Waals surface area contributed by atoms with Gasteiger partial charge in [-0.3, -0.25) is 0 Å². The molecule has 0 amide bonds. The third kappa shape index (κ3) is 1.92. The molecule has 0 saturated carbocycles. The lowest BCUT2D eigenvalue weighted by atomic mass is 10.00. The second kappa shape index (κ2) is 4.96. The molecule has 0 aliphatic carbocycles. The van der Waals surface area contributed by atoms with Gasteiger partial charge in [0.25, 0.3) is 0 Å². The van der Waals surface area contributed by atoms with Gasteiger partial charge >= 0.3 is 0 Å². The summed E-state index contributed by atoms with van der Waals surface area (Å²) in [6.07, 6.45) is 6.37. The topological polar surface area (TPSA) is 36.9 Å². The minimum atomic E-state index is -0.752. The molecule has 1 fully saturated rings. The molecule has 3 atom stereocenters. The molecular formula is C16H18O4. The van der Waals surface area contributed by atoms with E-state index in [-0.39, 0.29) is 12.2 Å². The SMILES string of the molecule is C=CC1OC2(c3ccc(OC)c(OC)c3)CC=CC1O2. The van der Waals surface area contributed by atoms with Crippen molar-refractivity contribution in [2.24, 2.45) is 0 Å². The Labute approximate surface area is 118 Å². The van der Waals surface area contributed by atoms with E-state index in [0.717, 1.165) is 5.56 Å². The third-order valence-electron chi connectivity index (χ3n) is 3.74. The molecule has 0 spiro atoms. The summed E-state index contributed by atoms with van der Waals surface area (Å²) in [7, 11) is 3.23. The van der Waals surface area contributed by atoms with E-state index in [1.165, 1.54) is 0 Å². The maximum absolute atomic E-state index is 6.08. The van der Waals surface area contributed by atoms with Crippen LogP contribution in [0.4, 0.5) is 0 Å². The predicted molar refractivity (Wildman–Crippen MR) is 74.9 cm³/mol. The molecule has 0 radical (unpaired) electrons. The van der Waals surface area contributed by atoms with Crippen LogP contribution in [0, 0.1) is 0 Å². The molecular weight excluding hydrogens is 256 g/mol. The smallest absolute Gasteiger partial charge is 0.200 e. The number of hydrogen-bond donors (Lipinski definition) is 0. The molecule has 106 valence electrons. The van der Waals surface area contributed by atoms with Crippen molar-refractivity contribution in [3.63, 3.8) is 0 Å². The van der Waals surface area contributed by atoms with Gasteiger partial charge in [-0.2, -0.15) is 0 Å². The average molecular weight is 274 g/mol. The molecule has 1 aromatic rings. The maximum Gasteiger partial charge on any atom is 0.200 e. The Morgan fingerprint density at radius 1 is 1.25 bits per heavy atom. The fraction of sp³-hybridized carbons (Fsp3) is 0.375. The van der Waals surface area contributed by atoms with Crippen LogP contribution in [0.5, 0.6) is 11.5 Å². The van der Waals surface area contributed by atoms with E-state index >= 15 is 0 Å². The Morgan fingerprint density at radius 3 is 2.75 bits per heavy atom. The summed E-state index contributed by atoms with van der Waals surface area (Å²) in [6.45, 7) is 3.81. The zero-order chi connectivity index (χ0) is 14.2. The predicted octanol–water partition coefficient (Wildman–Crippen LogP) is 2.79. The highest BCUT2D eigenvalue weighted by atomic mass is 16.8.